The van der Waals surface area contributed by atoms with Crippen molar-refractivity contribution in [3.63, 3.8) is 0 Å². The zero-order valence-electron chi connectivity index (χ0n) is 10.6. The van der Waals surface area contributed by atoms with Gasteiger partial charge in [-0.05, 0) is 12.8 Å². The van der Waals surface area contributed by atoms with Crippen molar-refractivity contribution >= 4 is 5.96 Å². The van der Waals surface area contributed by atoms with Crippen molar-refractivity contribution in [1.29, 1.82) is 10.7 Å². The molecule has 0 rings (SSSR count). The smallest absolute Gasteiger partial charge is 0.204 e. The van der Waals surface area contributed by atoms with E-state index in [0.29, 0.717) is 0 Å². The van der Waals surface area contributed by atoms with Crippen LogP contribution in [-0.2, 0) is 0 Å². The number of nitrogens with zero attached hydrogens (tertiary/aromatic N) is 2. The first-order valence-electron chi connectivity index (χ1n) is 6.24. The van der Waals surface area contributed by atoms with Gasteiger partial charge in [-0.3, -0.25) is 10.7 Å². The Bertz CT molecular complexity index is 210. The number of hydrogen-bond acceptors (Lipinski definition) is 2. The summed E-state index contributed by atoms with van der Waals surface area (Å²) in [4.78, 5) is 1.97. The second-order valence-electron chi connectivity index (χ2n) is 3.99. The highest BCUT2D eigenvalue weighted by Crippen LogP contribution is 2.02. The van der Waals surface area contributed by atoms with Crippen LogP contribution in [0.4, 0.5) is 0 Å². The van der Waals surface area contributed by atoms with E-state index in [1.807, 2.05) is 11.1 Å². The molecule has 0 aliphatic carbocycles. The van der Waals surface area contributed by atoms with Crippen molar-refractivity contribution in [2.75, 3.05) is 13.1 Å². The molecule has 92 valence electrons. The van der Waals surface area contributed by atoms with Gasteiger partial charge in [0.05, 0.1) is 0 Å². The van der Waals surface area contributed by atoms with E-state index in [0.717, 1.165) is 25.9 Å². The largest absolute Gasteiger partial charge is 0.342 e. The molecule has 4 heteroatoms. The summed E-state index contributed by atoms with van der Waals surface area (Å²) in [5, 5.41) is 18.6. The van der Waals surface area contributed by atoms with Crippen LogP contribution in [0.15, 0.2) is 0 Å². The highest BCUT2D eigenvalue weighted by Gasteiger charge is 2.07. The molecule has 0 heterocycles. The molecule has 2 N–H and O–H groups in total. The lowest BCUT2D eigenvalue weighted by atomic mass is 10.2. The number of guanidine groups is 1. The molecule has 0 aliphatic heterocycles. The number of nitrogens with one attached hydrogen (secondary N) is 2. The molecule has 0 saturated carbocycles. The molecule has 0 saturated heterocycles. The quantitative estimate of drug-likeness (QED) is 0.219. The van der Waals surface area contributed by atoms with Crippen LogP contribution in [0.1, 0.15) is 52.4 Å². The van der Waals surface area contributed by atoms with Gasteiger partial charge < -0.3 is 4.90 Å². The van der Waals surface area contributed by atoms with Gasteiger partial charge in [-0.15, -0.1) is 0 Å². The van der Waals surface area contributed by atoms with E-state index in [1.54, 1.807) is 0 Å². The minimum absolute atomic E-state index is 0.245. The number of unbranched alkanes of at least 4 members (excludes halogenated alkanes) is 4. The number of rotatable bonds is 8. The summed E-state index contributed by atoms with van der Waals surface area (Å²) >= 11 is 0. The molecule has 0 aromatic heterocycles. The molecule has 0 atom stereocenters. The van der Waals surface area contributed by atoms with Gasteiger partial charge in [0.2, 0.25) is 5.96 Å². The third-order valence-electron chi connectivity index (χ3n) is 2.55. The average Bonchev–Trinajstić information content (AvgIpc) is 2.28. The summed E-state index contributed by atoms with van der Waals surface area (Å²) in [6.45, 7) is 6.09. The average molecular weight is 224 g/mol. The highest BCUT2D eigenvalue weighted by atomic mass is 15.3. The van der Waals surface area contributed by atoms with E-state index >= 15 is 0 Å². The Labute approximate surface area is 99.1 Å². The van der Waals surface area contributed by atoms with Gasteiger partial charge in [0.1, 0.15) is 0 Å². The first-order chi connectivity index (χ1) is 7.76. The van der Waals surface area contributed by atoms with Crippen molar-refractivity contribution in [1.82, 2.24) is 10.2 Å². The van der Waals surface area contributed by atoms with Crippen LogP contribution in [0.2, 0.25) is 0 Å². The second kappa shape index (κ2) is 10.3. The Morgan fingerprint density at radius 3 is 2.00 bits per heavy atom. The Balaban J connectivity index is 3.95. The van der Waals surface area contributed by atoms with Crippen LogP contribution in [0.5, 0.6) is 0 Å². The maximum absolute atomic E-state index is 8.50. The van der Waals surface area contributed by atoms with E-state index in [9.17, 15) is 0 Å². The molecule has 0 aliphatic rings. The van der Waals surface area contributed by atoms with E-state index < -0.39 is 0 Å². The second-order valence-corrected chi connectivity index (χ2v) is 3.99. The first-order valence-corrected chi connectivity index (χ1v) is 6.24. The van der Waals surface area contributed by atoms with Crippen LogP contribution in [0, 0.1) is 16.9 Å². The minimum Gasteiger partial charge on any atom is -0.342 e. The molecule has 4 nitrogen and oxygen atoms in total. The zero-order chi connectivity index (χ0) is 12.2. The normalized spacial score (nSPS) is 9.56. The van der Waals surface area contributed by atoms with Crippen molar-refractivity contribution in [2.45, 2.75) is 52.4 Å². The van der Waals surface area contributed by atoms with Gasteiger partial charge in [0.25, 0.3) is 0 Å². The molecule has 0 unspecified atom stereocenters. The topological polar surface area (TPSA) is 62.9 Å². The summed E-state index contributed by atoms with van der Waals surface area (Å²) in [5.41, 5.74) is 0. The van der Waals surface area contributed by atoms with Gasteiger partial charge in [-0.2, -0.15) is 5.26 Å². The van der Waals surface area contributed by atoms with E-state index in [1.165, 1.54) is 25.7 Å². The fraction of sp³-hybridized carbons (Fsp3) is 0.833. The van der Waals surface area contributed by atoms with Crippen LogP contribution in [0.25, 0.3) is 0 Å². The first kappa shape index (κ1) is 14.8. The van der Waals surface area contributed by atoms with Crippen molar-refractivity contribution < 1.29 is 0 Å². The maximum atomic E-state index is 8.50. The van der Waals surface area contributed by atoms with Crippen LogP contribution in [0.3, 0.4) is 0 Å². The predicted octanol–water partition coefficient (Wildman–Crippen LogP) is 2.67. The lowest BCUT2D eigenvalue weighted by Crippen LogP contribution is -2.39. The summed E-state index contributed by atoms with van der Waals surface area (Å²) < 4.78 is 0. The fourth-order valence-corrected chi connectivity index (χ4v) is 1.57. The molecule has 0 aromatic rings. The standard InChI is InChI=1S/C12H24N4/c1-3-5-7-9-16(10-8-6-4-2)12(14)15-11-13/h3-10H2,1-2H3,(H2,14,15). The molecular formula is C12H24N4. The van der Waals surface area contributed by atoms with Crippen molar-refractivity contribution in [3.05, 3.63) is 0 Å². The van der Waals surface area contributed by atoms with Gasteiger partial charge >= 0.3 is 0 Å². The fourth-order valence-electron chi connectivity index (χ4n) is 1.57. The molecular weight excluding hydrogens is 200 g/mol. The van der Waals surface area contributed by atoms with E-state index in [2.05, 4.69) is 19.2 Å². The lowest BCUT2D eigenvalue weighted by Gasteiger charge is -2.23. The lowest BCUT2D eigenvalue weighted by molar-refractivity contribution is 0.380. The Morgan fingerprint density at radius 1 is 1.12 bits per heavy atom. The van der Waals surface area contributed by atoms with Gasteiger partial charge in [-0.1, -0.05) is 39.5 Å². The molecule has 16 heavy (non-hydrogen) atoms. The highest BCUT2D eigenvalue weighted by molar-refractivity contribution is 5.78. The minimum atomic E-state index is 0.245. The SMILES string of the molecule is CCCCCN(CCCCC)C(=N)NC#N. The summed E-state index contributed by atoms with van der Waals surface area (Å²) in [6.07, 6.45) is 8.74. The molecule has 0 fully saturated rings. The van der Waals surface area contributed by atoms with Crippen molar-refractivity contribution in [2.24, 2.45) is 0 Å². The van der Waals surface area contributed by atoms with E-state index in [4.69, 9.17) is 10.7 Å². The van der Waals surface area contributed by atoms with Gasteiger partial charge in [0.15, 0.2) is 6.19 Å². The molecule has 0 spiro atoms. The van der Waals surface area contributed by atoms with E-state index in [-0.39, 0.29) is 5.96 Å². The van der Waals surface area contributed by atoms with Crippen LogP contribution >= 0.6 is 0 Å². The maximum Gasteiger partial charge on any atom is 0.204 e. The number of hydrogen-bond donors (Lipinski definition) is 2. The Hall–Kier alpha value is -1.24. The number of nitriles is 1. The zero-order valence-corrected chi connectivity index (χ0v) is 10.6. The monoisotopic (exact) mass is 224 g/mol. The van der Waals surface area contributed by atoms with Crippen LogP contribution < -0.4 is 5.32 Å². The van der Waals surface area contributed by atoms with Crippen molar-refractivity contribution in [3.8, 4) is 6.19 Å². The predicted molar refractivity (Wildman–Crippen MR) is 67.1 cm³/mol. The molecule has 0 amide bonds. The molecule has 0 aromatic carbocycles. The third kappa shape index (κ3) is 7.10. The molecule has 0 radical (unpaired) electrons. The molecule has 0 bridgehead atoms. The Morgan fingerprint density at radius 2 is 1.62 bits per heavy atom. The van der Waals surface area contributed by atoms with Gasteiger partial charge in [-0.25, -0.2) is 0 Å². The summed E-state index contributed by atoms with van der Waals surface area (Å²) in [7, 11) is 0. The Kier molecular flexibility index (Phi) is 9.49. The summed E-state index contributed by atoms with van der Waals surface area (Å²) in [6, 6.07) is 0. The van der Waals surface area contributed by atoms with Gasteiger partial charge in [0, 0.05) is 13.1 Å². The van der Waals surface area contributed by atoms with Crippen LogP contribution in [-0.4, -0.2) is 23.9 Å². The summed E-state index contributed by atoms with van der Waals surface area (Å²) in [5.74, 6) is 0.245. The third-order valence-corrected chi connectivity index (χ3v) is 2.55.